The SMILES string of the molecule is COc1ccc2ccnc(OC3CC(C(=O)O)N(C(=O)OC(C)(C)C)C3)c2c1. The predicted octanol–water partition coefficient (Wildman–Crippen LogP) is 3.08. The Morgan fingerprint density at radius 3 is 2.64 bits per heavy atom. The van der Waals surface area contributed by atoms with Crippen molar-refractivity contribution in [2.75, 3.05) is 13.7 Å². The van der Waals surface area contributed by atoms with Crippen LogP contribution < -0.4 is 9.47 Å². The molecule has 0 spiro atoms. The molecule has 1 fully saturated rings. The molecule has 1 saturated heterocycles. The highest BCUT2D eigenvalue weighted by Gasteiger charge is 2.43. The van der Waals surface area contributed by atoms with Crippen molar-refractivity contribution in [1.82, 2.24) is 9.88 Å². The first-order valence-electron chi connectivity index (χ1n) is 9.00. The van der Waals surface area contributed by atoms with E-state index in [0.717, 1.165) is 10.8 Å². The number of benzene rings is 1. The lowest BCUT2D eigenvalue weighted by molar-refractivity contribution is -0.142. The summed E-state index contributed by atoms with van der Waals surface area (Å²) in [6, 6.07) is 6.39. The van der Waals surface area contributed by atoms with Crippen molar-refractivity contribution in [3.63, 3.8) is 0 Å². The van der Waals surface area contributed by atoms with Gasteiger partial charge < -0.3 is 19.3 Å². The maximum Gasteiger partial charge on any atom is 0.411 e. The van der Waals surface area contributed by atoms with E-state index in [1.54, 1.807) is 34.1 Å². The van der Waals surface area contributed by atoms with E-state index in [-0.39, 0.29) is 13.0 Å². The minimum absolute atomic E-state index is 0.105. The zero-order valence-electron chi connectivity index (χ0n) is 16.3. The molecular weight excluding hydrogens is 364 g/mol. The summed E-state index contributed by atoms with van der Waals surface area (Å²) in [5.41, 5.74) is -0.715. The molecule has 0 bridgehead atoms. The Morgan fingerprint density at radius 2 is 2.00 bits per heavy atom. The van der Waals surface area contributed by atoms with Crippen molar-refractivity contribution in [2.24, 2.45) is 0 Å². The number of carboxylic acid groups (broad SMARTS) is 1. The van der Waals surface area contributed by atoms with Crippen molar-refractivity contribution in [3.8, 4) is 11.6 Å². The fraction of sp³-hybridized carbons (Fsp3) is 0.450. The van der Waals surface area contributed by atoms with Crippen LogP contribution in [0.25, 0.3) is 10.8 Å². The molecule has 0 radical (unpaired) electrons. The van der Waals surface area contributed by atoms with Crippen LogP contribution in [0.1, 0.15) is 27.2 Å². The number of aliphatic carboxylic acids is 1. The average molecular weight is 388 g/mol. The minimum Gasteiger partial charge on any atom is -0.497 e. The van der Waals surface area contributed by atoms with Crippen molar-refractivity contribution in [2.45, 2.75) is 44.9 Å². The second-order valence-corrected chi connectivity index (χ2v) is 7.67. The van der Waals surface area contributed by atoms with E-state index < -0.39 is 29.8 Å². The number of methoxy groups -OCH3 is 1. The molecule has 3 rings (SSSR count). The highest BCUT2D eigenvalue weighted by atomic mass is 16.6. The quantitative estimate of drug-likeness (QED) is 0.859. The number of carbonyl (C=O) groups excluding carboxylic acids is 1. The summed E-state index contributed by atoms with van der Waals surface area (Å²) in [6.45, 7) is 5.31. The number of hydrogen-bond acceptors (Lipinski definition) is 6. The molecule has 1 amide bonds. The van der Waals surface area contributed by atoms with Gasteiger partial charge in [0.05, 0.1) is 13.7 Å². The number of rotatable bonds is 4. The molecule has 0 aliphatic carbocycles. The molecule has 150 valence electrons. The monoisotopic (exact) mass is 388 g/mol. The highest BCUT2D eigenvalue weighted by molar-refractivity contribution is 5.88. The Morgan fingerprint density at radius 1 is 1.25 bits per heavy atom. The zero-order chi connectivity index (χ0) is 20.5. The van der Waals surface area contributed by atoms with Crippen LogP contribution in [-0.4, -0.2) is 58.5 Å². The van der Waals surface area contributed by atoms with Gasteiger partial charge in [0.25, 0.3) is 0 Å². The van der Waals surface area contributed by atoms with E-state index in [9.17, 15) is 14.7 Å². The highest BCUT2D eigenvalue weighted by Crippen LogP contribution is 2.30. The molecule has 2 unspecified atom stereocenters. The van der Waals surface area contributed by atoms with Gasteiger partial charge in [-0.2, -0.15) is 0 Å². The minimum atomic E-state index is -1.09. The Balaban J connectivity index is 1.82. The first kappa shape index (κ1) is 19.7. The lowest BCUT2D eigenvalue weighted by Gasteiger charge is -2.26. The maximum atomic E-state index is 12.4. The lowest BCUT2D eigenvalue weighted by atomic mass is 10.1. The van der Waals surface area contributed by atoms with Crippen LogP contribution in [0, 0.1) is 0 Å². The number of aromatic nitrogens is 1. The molecule has 8 heteroatoms. The molecular formula is C20H24N2O6. The predicted molar refractivity (Wildman–Crippen MR) is 102 cm³/mol. The Labute approximate surface area is 163 Å². The van der Waals surface area contributed by atoms with Crippen LogP contribution in [0.15, 0.2) is 30.5 Å². The van der Waals surface area contributed by atoms with Gasteiger partial charge in [-0.25, -0.2) is 14.6 Å². The molecule has 2 aromatic rings. The molecule has 8 nitrogen and oxygen atoms in total. The molecule has 1 aromatic heterocycles. The van der Waals surface area contributed by atoms with Crippen LogP contribution in [0.3, 0.4) is 0 Å². The van der Waals surface area contributed by atoms with E-state index in [1.807, 2.05) is 24.3 Å². The molecule has 0 saturated carbocycles. The number of fused-ring (bicyclic) bond motifs is 1. The van der Waals surface area contributed by atoms with E-state index in [1.165, 1.54) is 4.90 Å². The number of amides is 1. The summed E-state index contributed by atoms with van der Waals surface area (Å²) < 4.78 is 16.6. The second-order valence-electron chi connectivity index (χ2n) is 7.67. The van der Waals surface area contributed by atoms with Gasteiger partial charge in [0.15, 0.2) is 0 Å². The summed E-state index contributed by atoms with van der Waals surface area (Å²) >= 11 is 0. The van der Waals surface area contributed by atoms with Crippen molar-refractivity contribution in [3.05, 3.63) is 30.5 Å². The van der Waals surface area contributed by atoms with Gasteiger partial charge in [0.1, 0.15) is 23.5 Å². The number of hydrogen-bond donors (Lipinski definition) is 1. The van der Waals surface area contributed by atoms with Gasteiger partial charge in [-0.3, -0.25) is 4.90 Å². The lowest BCUT2D eigenvalue weighted by Crippen LogP contribution is -2.43. The summed E-state index contributed by atoms with van der Waals surface area (Å²) in [6.07, 6.45) is 0.590. The van der Waals surface area contributed by atoms with Gasteiger partial charge in [-0.15, -0.1) is 0 Å². The zero-order valence-corrected chi connectivity index (χ0v) is 16.3. The Hall–Kier alpha value is -3.03. The fourth-order valence-corrected chi connectivity index (χ4v) is 3.14. The summed E-state index contributed by atoms with van der Waals surface area (Å²) in [5.74, 6) is -0.0587. The topological polar surface area (TPSA) is 98.2 Å². The van der Waals surface area contributed by atoms with Gasteiger partial charge in [0.2, 0.25) is 5.88 Å². The number of ether oxygens (including phenoxy) is 3. The molecule has 1 aromatic carbocycles. The van der Waals surface area contributed by atoms with Gasteiger partial charge in [-0.05, 0) is 44.4 Å². The van der Waals surface area contributed by atoms with E-state index in [4.69, 9.17) is 14.2 Å². The van der Waals surface area contributed by atoms with Crippen molar-refractivity contribution < 1.29 is 28.9 Å². The molecule has 2 atom stereocenters. The summed E-state index contributed by atoms with van der Waals surface area (Å²) in [7, 11) is 1.57. The number of likely N-dealkylation sites (tertiary alicyclic amines) is 1. The van der Waals surface area contributed by atoms with Crippen molar-refractivity contribution in [1.29, 1.82) is 0 Å². The third-order valence-corrected chi connectivity index (χ3v) is 4.39. The number of pyridine rings is 1. The van der Waals surface area contributed by atoms with Crippen LogP contribution in [0.4, 0.5) is 4.79 Å². The smallest absolute Gasteiger partial charge is 0.411 e. The van der Waals surface area contributed by atoms with Crippen LogP contribution >= 0.6 is 0 Å². The first-order chi connectivity index (χ1) is 13.2. The maximum absolute atomic E-state index is 12.4. The number of carbonyl (C=O) groups is 2. The molecule has 1 N–H and O–H groups in total. The molecule has 1 aliphatic rings. The van der Waals surface area contributed by atoms with E-state index >= 15 is 0 Å². The largest absolute Gasteiger partial charge is 0.497 e. The summed E-state index contributed by atoms with van der Waals surface area (Å²) in [5, 5.41) is 11.2. The number of carboxylic acids is 1. The number of nitrogens with zero attached hydrogens (tertiary/aromatic N) is 2. The van der Waals surface area contributed by atoms with E-state index in [0.29, 0.717) is 11.6 Å². The van der Waals surface area contributed by atoms with Gasteiger partial charge in [0, 0.05) is 18.0 Å². The Bertz CT molecular complexity index is 892. The van der Waals surface area contributed by atoms with Gasteiger partial charge in [-0.1, -0.05) is 6.07 Å². The second kappa shape index (κ2) is 7.53. The first-order valence-corrected chi connectivity index (χ1v) is 9.00. The average Bonchev–Trinajstić information content (AvgIpc) is 3.05. The van der Waals surface area contributed by atoms with E-state index in [2.05, 4.69) is 4.98 Å². The Kier molecular flexibility index (Phi) is 5.31. The van der Waals surface area contributed by atoms with Crippen molar-refractivity contribution >= 4 is 22.8 Å². The van der Waals surface area contributed by atoms with Crippen LogP contribution in [0.2, 0.25) is 0 Å². The molecule has 28 heavy (non-hydrogen) atoms. The summed E-state index contributed by atoms with van der Waals surface area (Å²) in [4.78, 5) is 29.5. The third-order valence-electron chi connectivity index (χ3n) is 4.39. The molecule has 1 aliphatic heterocycles. The van der Waals surface area contributed by atoms with Gasteiger partial charge >= 0.3 is 12.1 Å². The van der Waals surface area contributed by atoms with Crippen LogP contribution in [0.5, 0.6) is 11.6 Å². The normalized spacial score (nSPS) is 19.5. The molecule has 2 heterocycles. The van der Waals surface area contributed by atoms with Crippen LogP contribution in [-0.2, 0) is 9.53 Å². The fourth-order valence-electron chi connectivity index (χ4n) is 3.14. The third kappa shape index (κ3) is 4.27. The standard InChI is InChI=1S/C20H24N2O6/c1-20(2,3)28-19(25)22-11-14(10-16(22)18(23)24)27-17-15-9-13(26-4)6-5-12(15)7-8-21-17/h5-9,14,16H,10-11H2,1-4H3,(H,23,24).